The Bertz CT molecular complexity index is 147. The third-order valence-electron chi connectivity index (χ3n) is 2.00. The van der Waals surface area contributed by atoms with Crippen LogP contribution in [0.5, 0.6) is 0 Å². The molecule has 0 saturated heterocycles. The second kappa shape index (κ2) is 8.03. The third-order valence-corrected chi connectivity index (χ3v) is 2.00. The molecule has 0 saturated carbocycles. The Morgan fingerprint density at radius 1 is 1.31 bits per heavy atom. The first-order chi connectivity index (χ1) is 6.16. The smallest absolute Gasteiger partial charge is 0.133 e. The quantitative estimate of drug-likeness (QED) is 0.413. The van der Waals surface area contributed by atoms with Crippen LogP contribution in [0.25, 0.3) is 0 Å². The molecule has 0 aliphatic heterocycles. The van der Waals surface area contributed by atoms with E-state index in [0.717, 1.165) is 32.1 Å². The van der Waals surface area contributed by atoms with E-state index in [9.17, 15) is 4.79 Å². The summed E-state index contributed by atoms with van der Waals surface area (Å²) in [7, 11) is 0. The molecule has 0 N–H and O–H groups in total. The van der Waals surface area contributed by atoms with Gasteiger partial charge in [0.1, 0.15) is 5.78 Å². The van der Waals surface area contributed by atoms with Crippen molar-refractivity contribution in [3.63, 3.8) is 0 Å². The van der Waals surface area contributed by atoms with E-state index in [1.54, 1.807) is 0 Å². The van der Waals surface area contributed by atoms with Crippen LogP contribution in [0.15, 0.2) is 12.7 Å². The van der Waals surface area contributed by atoms with E-state index in [1.165, 1.54) is 6.42 Å². The molecule has 0 aromatic rings. The molecular formula is C12H22O. The molecule has 0 unspecified atom stereocenters. The minimum atomic E-state index is 0.425. The van der Waals surface area contributed by atoms with Crippen LogP contribution in [-0.4, -0.2) is 5.78 Å². The zero-order valence-corrected chi connectivity index (χ0v) is 9.01. The van der Waals surface area contributed by atoms with Crippen molar-refractivity contribution >= 4 is 5.78 Å². The average Bonchev–Trinajstić information content (AvgIpc) is 2.02. The van der Waals surface area contributed by atoms with Gasteiger partial charge in [-0.3, -0.25) is 4.79 Å². The number of allylic oxidation sites excluding steroid dienone is 1. The molecular weight excluding hydrogens is 160 g/mol. The average molecular weight is 182 g/mol. The van der Waals surface area contributed by atoms with E-state index in [-0.39, 0.29) is 0 Å². The molecule has 0 radical (unpaired) electrons. The lowest BCUT2D eigenvalue weighted by molar-refractivity contribution is -0.119. The molecule has 0 aromatic carbocycles. The van der Waals surface area contributed by atoms with Crippen molar-refractivity contribution in [2.45, 2.75) is 52.4 Å². The first kappa shape index (κ1) is 12.4. The summed E-state index contributed by atoms with van der Waals surface area (Å²) in [4.78, 5) is 11.3. The predicted octanol–water partition coefficient (Wildman–Crippen LogP) is 3.74. The molecule has 0 aliphatic rings. The number of unbranched alkanes of at least 4 members (excludes halogenated alkanes) is 3. The Morgan fingerprint density at radius 3 is 2.54 bits per heavy atom. The molecule has 0 rings (SSSR count). The van der Waals surface area contributed by atoms with Crippen LogP contribution in [-0.2, 0) is 4.79 Å². The molecule has 0 amide bonds. The molecule has 1 nitrogen and oxygen atoms in total. The highest BCUT2D eigenvalue weighted by atomic mass is 16.1. The van der Waals surface area contributed by atoms with Gasteiger partial charge in [-0.1, -0.05) is 26.3 Å². The minimum absolute atomic E-state index is 0.425. The van der Waals surface area contributed by atoms with Gasteiger partial charge >= 0.3 is 0 Å². The molecule has 0 atom stereocenters. The number of hydrogen-bond donors (Lipinski definition) is 0. The zero-order valence-electron chi connectivity index (χ0n) is 9.01. The Morgan fingerprint density at radius 2 is 2.00 bits per heavy atom. The zero-order chi connectivity index (χ0) is 10.1. The van der Waals surface area contributed by atoms with Crippen LogP contribution in [0.3, 0.4) is 0 Å². The molecule has 0 aliphatic carbocycles. The summed E-state index contributed by atoms with van der Waals surface area (Å²) < 4.78 is 0. The molecule has 0 bridgehead atoms. The largest absolute Gasteiger partial charge is 0.300 e. The maximum absolute atomic E-state index is 11.3. The number of carbonyl (C=O) groups is 1. The summed E-state index contributed by atoms with van der Waals surface area (Å²) in [6, 6.07) is 0. The van der Waals surface area contributed by atoms with Gasteiger partial charge in [0, 0.05) is 12.8 Å². The maximum atomic E-state index is 11.3. The van der Waals surface area contributed by atoms with Gasteiger partial charge in [0.05, 0.1) is 0 Å². The fourth-order valence-electron chi connectivity index (χ4n) is 1.35. The SMILES string of the molecule is C=CCCCCCC(=O)CC(C)C. The van der Waals surface area contributed by atoms with Crippen LogP contribution in [0.2, 0.25) is 0 Å². The lowest BCUT2D eigenvalue weighted by atomic mass is 10.0. The van der Waals surface area contributed by atoms with E-state index >= 15 is 0 Å². The minimum Gasteiger partial charge on any atom is -0.300 e. The molecule has 1 heteroatoms. The summed E-state index contributed by atoms with van der Waals surface area (Å²) in [5, 5.41) is 0. The van der Waals surface area contributed by atoms with Crippen molar-refractivity contribution in [3.8, 4) is 0 Å². The molecule has 0 spiro atoms. The van der Waals surface area contributed by atoms with Crippen molar-refractivity contribution in [1.82, 2.24) is 0 Å². The van der Waals surface area contributed by atoms with Gasteiger partial charge in [-0.2, -0.15) is 0 Å². The molecule has 0 aromatic heterocycles. The Balaban J connectivity index is 3.22. The lowest BCUT2D eigenvalue weighted by Crippen LogP contribution is -2.02. The van der Waals surface area contributed by atoms with E-state index in [4.69, 9.17) is 0 Å². The summed E-state index contributed by atoms with van der Waals surface area (Å²) in [5.74, 6) is 0.939. The first-order valence-corrected chi connectivity index (χ1v) is 5.29. The standard InChI is InChI=1S/C12H22O/c1-4-5-6-7-8-9-12(13)10-11(2)3/h4,11H,1,5-10H2,2-3H3. The van der Waals surface area contributed by atoms with Gasteiger partial charge in [0.25, 0.3) is 0 Å². The van der Waals surface area contributed by atoms with Crippen molar-refractivity contribution in [1.29, 1.82) is 0 Å². The molecule has 13 heavy (non-hydrogen) atoms. The topological polar surface area (TPSA) is 17.1 Å². The normalized spacial score (nSPS) is 10.4. The van der Waals surface area contributed by atoms with Crippen LogP contribution in [0.4, 0.5) is 0 Å². The highest BCUT2D eigenvalue weighted by Gasteiger charge is 2.03. The van der Waals surface area contributed by atoms with E-state index < -0.39 is 0 Å². The van der Waals surface area contributed by atoms with E-state index in [1.807, 2.05) is 6.08 Å². The summed E-state index contributed by atoms with van der Waals surface area (Å²) >= 11 is 0. The van der Waals surface area contributed by atoms with E-state index in [0.29, 0.717) is 11.7 Å². The molecule has 0 fully saturated rings. The highest BCUT2D eigenvalue weighted by molar-refractivity contribution is 5.78. The van der Waals surface area contributed by atoms with Crippen LogP contribution < -0.4 is 0 Å². The summed E-state index contributed by atoms with van der Waals surface area (Å²) in [6.45, 7) is 7.85. The van der Waals surface area contributed by atoms with Gasteiger partial charge in [0.2, 0.25) is 0 Å². The highest BCUT2D eigenvalue weighted by Crippen LogP contribution is 2.08. The van der Waals surface area contributed by atoms with Crippen LogP contribution in [0, 0.1) is 5.92 Å². The third kappa shape index (κ3) is 9.32. The fraction of sp³-hybridized carbons (Fsp3) is 0.750. The number of hydrogen-bond acceptors (Lipinski definition) is 1. The number of carbonyl (C=O) groups excluding carboxylic acids is 1. The van der Waals surface area contributed by atoms with Crippen molar-refractivity contribution < 1.29 is 4.79 Å². The summed E-state index contributed by atoms with van der Waals surface area (Å²) in [6.07, 6.45) is 7.94. The molecule has 0 heterocycles. The number of rotatable bonds is 8. The van der Waals surface area contributed by atoms with Gasteiger partial charge in [-0.05, 0) is 25.2 Å². The monoisotopic (exact) mass is 182 g/mol. The second-order valence-electron chi connectivity index (χ2n) is 4.02. The van der Waals surface area contributed by atoms with E-state index in [2.05, 4.69) is 20.4 Å². The van der Waals surface area contributed by atoms with Crippen molar-refractivity contribution in [2.75, 3.05) is 0 Å². The fourth-order valence-corrected chi connectivity index (χ4v) is 1.35. The molecule has 76 valence electrons. The summed E-state index contributed by atoms with van der Waals surface area (Å²) in [5.41, 5.74) is 0. The van der Waals surface area contributed by atoms with Crippen LogP contribution >= 0.6 is 0 Å². The predicted molar refractivity (Wildman–Crippen MR) is 57.7 cm³/mol. The Kier molecular flexibility index (Phi) is 7.66. The van der Waals surface area contributed by atoms with Gasteiger partial charge in [0.15, 0.2) is 0 Å². The first-order valence-electron chi connectivity index (χ1n) is 5.29. The maximum Gasteiger partial charge on any atom is 0.133 e. The Hall–Kier alpha value is -0.590. The lowest BCUT2D eigenvalue weighted by Gasteiger charge is -2.03. The van der Waals surface area contributed by atoms with Crippen molar-refractivity contribution in [3.05, 3.63) is 12.7 Å². The van der Waals surface area contributed by atoms with Gasteiger partial charge in [-0.25, -0.2) is 0 Å². The van der Waals surface area contributed by atoms with Crippen LogP contribution in [0.1, 0.15) is 52.4 Å². The van der Waals surface area contributed by atoms with Gasteiger partial charge in [-0.15, -0.1) is 6.58 Å². The number of Topliss-reactive ketones (excluding diaryl/α,β-unsaturated/α-hetero) is 1. The van der Waals surface area contributed by atoms with Gasteiger partial charge < -0.3 is 0 Å². The number of ketones is 1. The van der Waals surface area contributed by atoms with Crippen molar-refractivity contribution in [2.24, 2.45) is 5.92 Å². The Labute approximate surface area is 82.2 Å². The second-order valence-corrected chi connectivity index (χ2v) is 4.02.